The summed E-state index contributed by atoms with van der Waals surface area (Å²) in [5.74, 6) is -1.04. The van der Waals surface area contributed by atoms with Crippen LogP contribution in [-0.2, 0) is 19.6 Å². The highest BCUT2D eigenvalue weighted by Crippen LogP contribution is 2.29. The van der Waals surface area contributed by atoms with E-state index in [1.165, 1.54) is 24.5 Å². The summed E-state index contributed by atoms with van der Waals surface area (Å²) in [4.78, 5) is 11.4. The highest BCUT2D eigenvalue weighted by atomic mass is 79.9. The zero-order valence-electron chi connectivity index (χ0n) is 10.3. The first kappa shape index (κ1) is 16.6. The van der Waals surface area contributed by atoms with Crippen molar-refractivity contribution in [2.45, 2.75) is 24.3 Å². The normalized spacial score (nSPS) is 13.4. The minimum atomic E-state index is -3.65. The van der Waals surface area contributed by atoms with Gasteiger partial charge in [-0.15, -0.1) is 11.3 Å². The molecule has 0 amide bonds. The molecule has 108 valence electrons. The first-order valence-corrected chi connectivity index (χ1v) is 8.35. The number of carboxylic acids is 1. The molecule has 0 saturated heterocycles. The number of ether oxygens (including phenoxy) is 1. The second kappa shape index (κ2) is 6.80. The summed E-state index contributed by atoms with van der Waals surface area (Å²) >= 11 is 4.54. The molecular formula is C10H14BrNO5S2. The van der Waals surface area contributed by atoms with Crippen molar-refractivity contribution in [1.82, 2.24) is 4.72 Å². The van der Waals surface area contributed by atoms with E-state index in [2.05, 4.69) is 20.7 Å². The van der Waals surface area contributed by atoms with Crippen LogP contribution in [0.1, 0.15) is 11.3 Å². The lowest BCUT2D eigenvalue weighted by Crippen LogP contribution is -2.34. The Hall–Kier alpha value is -0.480. The Kier molecular flexibility index (Phi) is 5.93. The fourth-order valence-corrected chi connectivity index (χ4v) is 4.89. The molecule has 0 aliphatic rings. The SMILES string of the molecule is COC(CNS(=O)(=O)c1cc(Br)sc1C)CC(=O)O. The Morgan fingerprint density at radius 2 is 2.26 bits per heavy atom. The van der Waals surface area contributed by atoms with E-state index in [-0.39, 0.29) is 17.9 Å². The molecule has 0 fully saturated rings. The summed E-state index contributed by atoms with van der Waals surface area (Å²) in [6, 6.07) is 1.52. The van der Waals surface area contributed by atoms with Gasteiger partial charge in [0.05, 0.1) is 21.2 Å². The molecule has 0 saturated carbocycles. The quantitative estimate of drug-likeness (QED) is 0.758. The Balaban J connectivity index is 2.75. The molecule has 0 bridgehead atoms. The van der Waals surface area contributed by atoms with Gasteiger partial charge in [-0.1, -0.05) is 0 Å². The predicted octanol–water partition coefficient (Wildman–Crippen LogP) is 1.59. The molecule has 0 radical (unpaired) electrons. The average molecular weight is 372 g/mol. The highest BCUT2D eigenvalue weighted by Gasteiger charge is 2.21. The van der Waals surface area contributed by atoms with Crippen molar-refractivity contribution < 1.29 is 23.1 Å². The van der Waals surface area contributed by atoms with Crippen molar-refractivity contribution in [1.29, 1.82) is 0 Å². The van der Waals surface area contributed by atoms with Gasteiger partial charge in [0.2, 0.25) is 10.0 Å². The lowest BCUT2D eigenvalue weighted by molar-refractivity contribution is -0.139. The van der Waals surface area contributed by atoms with E-state index in [1.54, 1.807) is 6.92 Å². The van der Waals surface area contributed by atoms with Gasteiger partial charge in [0.15, 0.2) is 0 Å². The summed E-state index contributed by atoms with van der Waals surface area (Å²) in [5.41, 5.74) is 0. The van der Waals surface area contributed by atoms with Gasteiger partial charge in [-0.2, -0.15) is 0 Å². The van der Waals surface area contributed by atoms with E-state index in [0.29, 0.717) is 4.88 Å². The van der Waals surface area contributed by atoms with Crippen LogP contribution in [0.4, 0.5) is 0 Å². The highest BCUT2D eigenvalue weighted by molar-refractivity contribution is 9.11. The van der Waals surface area contributed by atoms with Crippen molar-refractivity contribution in [3.8, 4) is 0 Å². The van der Waals surface area contributed by atoms with E-state index < -0.39 is 22.1 Å². The monoisotopic (exact) mass is 371 g/mol. The summed E-state index contributed by atoms with van der Waals surface area (Å²) in [5, 5.41) is 8.65. The van der Waals surface area contributed by atoms with E-state index in [0.717, 1.165) is 3.79 Å². The van der Waals surface area contributed by atoms with Gasteiger partial charge >= 0.3 is 5.97 Å². The molecule has 19 heavy (non-hydrogen) atoms. The second-order valence-electron chi connectivity index (χ2n) is 3.78. The van der Waals surface area contributed by atoms with Crippen LogP contribution in [0.15, 0.2) is 14.7 Å². The minimum absolute atomic E-state index is 0.0853. The van der Waals surface area contributed by atoms with Crippen LogP contribution in [-0.4, -0.2) is 39.3 Å². The standard InChI is InChI=1S/C10H14BrNO5S2/c1-6-8(4-9(11)18-6)19(15,16)12-5-7(17-2)3-10(13)14/h4,7,12H,3,5H2,1-2H3,(H,13,14). The van der Waals surface area contributed by atoms with Crippen molar-refractivity contribution >= 4 is 43.3 Å². The molecule has 9 heteroatoms. The summed E-state index contributed by atoms with van der Waals surface area (Å²) in [6.45, 7) is 1.62. The maximum Gasteiger partial charge on any atom is 0.306 e. The van der Waals surface area contributed by atoms with Gasteiger partial charge in [-0.25, -0.2) is 13.1 Å². The van der Waals surface area contributed by atoms with Crippen molar-refractivity contribution in [2.75, 3.05) is 13.7 Å². The van der Waals surface area contributed by atoms with Crippen molar-refractivity contribution in [3.63, 3.8) is 0 Å². The number of aliphatic carboxylic acids is 1. The first-order valence-electron chi connectivity index (χ1n) is 5.26. The Bertz CT molecular complexity index is 554. The summed E-state index contributed by atoms with van der Waals surface area (Å²) < 4.78 is 32.1. The number of aryl methyl sites for hydroxylation is 1. The number of carboxylic acid groups (broad SMARTS) is 1. The van der Waals surface area contributed by atoms with Gasteiger partial charge < -0.3 is 9.84 Å². The van der Waals surface area contributed by atoms with Crippen LogP contribution in [0.25, 0.3) is 0 Å². The molecule has 2 N–H and O–H groups in total. The van der Waals surface area contributed by atoms with Crippen LogP contribution < -0.4 is 4.72 Å². The van der Waals surface area contributed by atoms with Crippen LogP contribution in [0, 0.1) is 6.92 Å². The Labute approximate surface area is 124 Å². The number of hydrogen-bond donors (Lipinski definition) is 2. The van der Waals surface area contributed by atoms with E-state index in [1.807, 2.05) is 0 Å². The topological polar surface area (TPSA) is 92.7 Å². The van der Waals surface area contributed by atoms with Crippen molar-refractivity contribution in [2.24, 2.45) is 0 Å². The molecule has 6 nitrogen and oxygen atoms in total. The number of thiophene rings is 1. The van der Waals surface area contributed by atoms with Gasteiger partial charge in [-0.3, -0.25) is 4.79 Å². The number of carbonyl (C=O) groups is 1. The Morgan fingerprint density at radius 1 is 1.63 bits per heavy atom. The number of hydrogen-bond acceptors (Lipinski definition) is 5. The molecule has 1 heterocycles. The Morgan fingerprint density at radius 3 is 2.68 bits per heavy atom. The second-order valence-corrected chi connectivity index (χ2v) is 8.15. The number of nitrogens with one attached hydrogen (secondary N) is 1. The third-order valence-electron chi connectivity index (χ3n) is 2.37. The van der Waals surface area contributed by atoms with Crippen LogP contribution in [0.5, 0.6) is 0 Å². The molecule has 0 aliphatic heterocycles. The fraction of sp³-hybridized carbons (Fsp3) is 0.500. The smallest absolute Gasteiger partial charge is 0.306 e. The van der Waals surface area contributed by atoms with Gasteiger partial charge in [0, 0.05) is 18.5 Å². The first-order chi connectivity index (χ1) is 8.76. The molecule has 1 aromatic rings. The zero-order valence-corrected chi connectivity index (χ0v) is 13.6. The lowest BCUT2D eigenvalue weighted by atomic mass is 10.2. The maximum atomic E-state index is 12.0. The van der Waals surface area contributed by atoms with E-state index >= 15 is 0 Å². The number of methoxy groups -OCH3 is 1. The molecule has 1 unspecified atom stereocenters. The molecule has 0 aliphatic carbocycles. The summed E-state index contributed by atoms with van der Waals surface area (Å²) in [7, 11) is -2.31. The average Bonchev–Trinajstić information content (AvgIpc) is 2.64. The fourth-order valence-electron chi connectivity index (χ4n) is 1.41. The van der Waals surface area contributed by atoms with E-state index in [9.17, 15) is 13.2 Å². The minimum Gasteiger partial charge on any atom is -0.481 e. The molecule has 1 rings (SSSR count). The number of halogens is 1. The third kappa shape index (κ3) is 4.84. The third-order valence-corrected chi connectivity index (χ3v) is 5.60. The molecule has 1 atom stereocenters. The number of rotatable bonds is 7. The van der Waals surface area contributed by atoms with E-state index in [4.69, 9.17) is 9.84 Å². The van der Waals surface area contributed by atoms with Gasteiger partial charge in [0.1, 0.15) is 0 Å². The largest absolute Gasteiger partial charge is 0.481 e. The zero-order chi connectivity index (χ0) is 14.6. The lowest BCUT2D eigenvalue weighted by Gasteiger charge is -2.14. The predicted molar refractivity (Wildman–Crippen MR) is 75.0 cm³/mol. The van der Waals surface area contributed by atoms with Crippen LogP contribution >= 0.6 is 27.3 Å². The molecule has 1 aromatic heterocycles. The summed E-state index contributed by atoms with van der Waals surface area (Å²) in [6.07, 6.45) is -0.958. The molecule has 0 spiro atoms. The van der Waals surface area contributed by atoms with Crippen LogP contribution in [0.3, 0.4) is 0 Å². The van der Waals surface area contributed by atoms with Crippen molar-refractivity contribution in [3.05, 3.63) is 14.7 Å². The molecule has 0 aromatic carbocycles. The molecular weight excluding hydrogens is 358 g/mol. The number of sulfonamides is 1. The maximum absolute atomic E-state index is 12.0. The van der Waals surface area contributed by atoms with Gasteiger partial charge in [-0.05, 0) is 28.9 Å². The van der Waals surface area contributed by atoms with Gasteiger partial charge in [0.25, 0.3) is 0 Å². The van der Waals surface area contributed by atoms with Crippen LogP contribution in [0.2, 0.25) is 0 Å².